The highest BCUT2D eigenvalue weighted by Gasteiger charge is 2.35. The Morgan fingerprint density at radius 3 is 2.52 bits per heavy atom. The molecule has 27 heavy (non-hydrogen) atoms. The van der Waals surface area contributed by atoms with Crippen molar-refractivity contribution in [3.8, 4) is 16.3 Å². The van der Waals surface area contributed by atoms with E-state index in [4.69, 9.17) is 0 Å². The number of hydrogen-bond acceptors (Lipinski definition) is 5. The zero-order valence-corrected chi connectivity index (χ0v) is 15.1. The van der Waals surface area contributed by atoms with E-state index in [1.807, 2.05) is 0 Å². The Morgan fingerprint density at radius 2 is 1.93 bits per heavy atom. The van der Waals surface area contributed by atoms with E-state index >= 15 is 0 Å². The van der Waals surface area contributed by atoms with Gasteiger partial charge in [0, 0.05) is 18.2 Å². The summed E-state index contributed by atoms with van der Waals surface area (Å²) in [6.45, 7) is 3.11. The molecule has 1 aromatic carbocycles. The molecule has 3 fully saturated rings. The Labute approximate surface area is 158 Å². The van der Waals surface area contributed by atoms with Crippen LogP contribution in [0.3, 0.4) is 0 Å². The highest BCUT2D eigenvalue weighted by molar-refractivity contribution is 7.16. The molecule has 144 valence electrons. The van der Waals surface area contributed by atoms with E-state index in [1.54, 1.807) is 0 Å². The predicted molar refractivity (Wildman–Crippen MR) is 94.7 cm³/mol. The van der Waals surface area contributed by atoms with E-state index in [1.165, 1.54) is 41.8 Å². The molecule has 1 aromatic heterocycles. The molecule has 9 heteroatoms. The minimum Gasteiger partial charge on any atom is -0.406 e. The van der Waals surface area contributed by atoms with Gasteiger partial charge in [-0.05, 0) is 56.1 Å². The largest absolute Gasteiger partial charge is 0.573 e. The molecule has 0 spiro atoms. The minimum absolute atomic E-state index is 0.144. The minimum atomic E-state index is -4.72. The molecule has 3 aliphatic rings. The number of ether oxygens (including phenoxy) is 1. The van der Waals surface area contributed by atoms with Gasteiger partial charge in [0.1, 0.15) is 15.6 Å². The van der Waals surface area contributed by atoms with E-state index in [0.29, 0.717) is 21.4 Å². The number of alkyl halides is 3. The van der Waals surface area contributed by atoms with Crippen molar-refractivity contribution in [1.82, 2.24) is 15.2 Å². The lowest BCUT2D eigenvalue weighted by molar-refractivity contribution is -0.274. The molecule has 5 rings (SSSR count). The fraction of sp³-hybridized carbons (Fsp3) is 0.444. The number of nitrogens with zero attached hydrogens (tertiary/aromatic N) is 2. The number of thiazole rings is 1. The number of aromatic nitrogens is 1. The first kappa shape index (κ1) is 18.2. The molecule has 3 aliphatic heterocycles. The van der Waals surface area contributed by atoms with Gasteiger partial charge in [-0.15, -0.1) is 24.5 Å². The second kappa shape index (κ2) is 7.12. The molecule has 2 aromatic rings. The molecule has 1 N–H and O–H groups in total. The Balaban J connectivity index is 1.41. The van der Waals surface area contributed by atoms with Crippen LogP contribution in [0.25, 0.3) is 10.6 Å². The van der Waals surface area contributed by atoms with Crippen LogP contribution in [0.2, 0.25) is 0 Å². The molecule has 1 unspecified atom stereocenters. The summed E-state index contributed by atoms with van der Waals surface area (Å²) in [6.07, 6.45) is -0.976. The molecule has 5 nitrogen and oxygen atoms in total. The molecule has 3 saturated heterocycles. The Bertz CT molecular complexity index is 814. The van der Waals surface area contributed by atoms with Crippen LogP contribution in [0.1, 0.15) is 22.5 Å². The van der Waals surface area contributed by atoms with Gasteiger partial charge in [-0.2, -0.15) is 0 Å². The number of carbonyl (C=O) groups is 1. The first-order valence-corrected chi connectivity index (χ1v) is 9.54. The molecule has 0 radical (unpaired) electrons. The highest BCUT2D eigenvalue weighted by Crippen LogP contribution is 2.30. The molecule has 1 atom stereocenters. The number of hydrogen-bond donors (Lipinski definition) is 1. The zero-order valence-electron chi connectivity index (χ0n) is 14.3. The van der Waals surface area contributed by atoms with Crippen molar-refractivity contribution in [3.63, 3.8) is 0 Å². The van der Waals surface area contributed by atoms with Crippen molar-refractivity contribution in [3.05, 3.63) is 35.3 Å². The maximum Gasteiger partial charge on any atom is 0.573 e. The summed E-state index contributed by atoms with van der Waals surface area (Å²) < 4.78 is 40.5. The molecule has 4 heterocycles. The third kappa shape index (κ3) is 4.24. The summed E-state index contributed by atoms with van der Waals surface area (Å²) in [7, 11) is 0. The molecule has 1 amide bonds. The van der Waals surface area contributed by atoms with E-state index < -0.39 is 6.36 Å². The number of halogens is 3. The third-order valence-electron chi connectivity index (χ3n) is 5.04. The Hall–Kier alpha value is -2.13. The third-order valence-corrected chi connectivity index (χ3v) is 6.08. The SMILES string of the molecule is O=C(NC1CN2CCC1CC2)c1cnc(-c2ccc(OC(F)(F)F)cc2)s1. The van der Waals surface area contributed by atoms with Crippen LogP contribution in [0, 0.1) is 5.92 Å². The van der Waals surface area contributed by atoms with Crippen molar-refractivity contribution >= 4 is 17.2 Å². The van der Waals surface area contributed by atoms with Gasteiger partial charge in [0.15, 0.2) is 0 Å². The summed E-state index contributed by atoms with van der Waals surface area (Å²) in [6, 6.07) is 5.63. The fourth-order valence-corrected chi connectivity index (χ4v) is 4.50. The van der Waals surface area contributed by atoms with Crippen LogP contribution in [0.5, 0.6) is 5.75 Å². The normalized spacial score (nSPS) is 24.6. The number of fused-ring (bicyclic) bond motifs is 3. The lowest BCUT2D eigenvalue weighted by atomic mass is 9.84. The van der Waals surface area contributed by atoms with E-state index in [0.717, 1.165) is 32.5 Å². The van der Waals surface area contributed by atoms with Crippen molar-refractivity contribution in [1.29, 1.82) is 0 Å². The first-order valence-electron chi connectivity index (χ1n) is 8.72. The molecule has 0 aliphatic carbocycles. The number of rotatable bonds is 4. The average molecular weight is 397 g/mol. The predicted octanol–water partition coefficient (Wildman–Crippen LogP) is 3.53. The van der Waals surface area contributed by atoms with E-state index in [9.17, 15) is 18.0 Å². The van der Waals surface area contributed by atoms with Crippen LogP contribution < -0.4 is 10.1 Å². The second-order valence-corrected chi connectivity index (χ2v) is 7.85. The molecule has 0 saturated carbocycles. The number of piperidine rings is 3. The van der Waals surface area contributed by atoms with Gasteiger partial charge in [-0.1, -0.05) is 0 Å². The maximum absolute atomic E-state index is 12.5. The van der Waals surface area contributed by atoms with Gasteiger partial charge in [-0.3, -0.25) is 4.79 Å². The van der Waals surface area contributed by atoms with Gasteiger partial charge in [0.05, 0.1) is 6.20 Å². The smallest absolute Gasteiger partial charge is 0.406 e. The number of nitrogens with one attached hydrogen (secondary N) is 1. The number of amides is 1. The quantitative estimate of drug-likeness (QED) is 0.858. The Kier molecular flexibility index (Phi) is 4.81. The lowest BCUT2D eigenvalue weighted by Crippen LogP contribution is -2.57. The summed E-state index contributed by atoms with van der Waals surface area (Å²) in [5.41, 5.74) is 0.636. The molecular weight excluding hydrogens is 379 g/mol. The fourth-order valence-electron chi connectivity index (χ4n) is 3.68. The van der Waals surface area contributed by atoms with Crippen LogP contribution in [-0.4, -0.2) is 47.8 Å². The molecular formula is C18H18F3N3O2S. The van der Waals surface area contributed by atoms with Crippen LogP contribution >= 0.6 is 11.3 Å². The van der Waals surface area contributed by atoms with Crippen molar-refractivity contribution in [2.24, 2.45) is 5.92 Å². The monoisotopic (exact) mass is 397 g/mol. The van der Waals surface area contributed by atoms with Crippen molar-refractivity contribution in [2.75, 3.05) is 19.6 Å². The standard InChI is InChI=1S/C18H18F3N3O2S/c19-18(20,21)26-13-3-1-12(2-4-13)17-22-9-15(27-17)16(25)23-14-10-24-7-5-11(14)6-8-24/h1-4,9,11,14H,5-8,10H2,(H,23,25). The van der Waals surface area contributed by atoms with Gasteiger partial charge in [0.2, 0.25) is 0 Å². The number of benzene rings is 1. The lowest BCUT2D eigenvalue weighted by Gasteiger charge is -2.44. The average Bonchev–Trinajstić information content (AvgIpc) is 3.12. The van der Waals surface area contributed by atoms with Crippen molar-refractivity contribution in [2.45, 2.75) is 25.2 Å². The van der Waals surface area contributed by atoms with Crippen LogP contribution in [0.15, 0.2) is 30.5 Å². The maximum atomic E-state index is 12.5. The first-order chi connectivity index (χ1) is 12.9. The van der Waals surface area contributed by atoms with Gasteiger partial charge >= 0.3 is 6.36 Å². The van der Waals surface area contributed by atoms with E-state index in [-0.39, 0.29) is 17.7 Å². The summed E-state index contributed by atoms with van der Waals surface area (Å²) in [5, 5.41) is 3.69. The Morgan fingerprint density at radius 1 is 1.22 bits per heavy atom. The highest BCUT2D eigenvalue weighted by atomic mass is 32.1. The van der Waals surface area contributed by atoms with E-state index in [2.05, 4.69) is 19.9 Å². The van der Waals surface area contributed by atoms with Gasteiger partial charge < -0.3 is 15.0 Å². The molecule has 2 bridgehead atoms. The number of carbonyl (C=O) groups excluding carboxylic acids is 1. The topological polar surface area (TPSA) is 54.5 Å². The zero-order chi connectivity index (χ0) is 19.0. The summed E-state index contributed by atoms with van der Waals surface area (Å²) in [4.78, 5) is 19.6. The summed E-state index contributed by atoms with van der Waals surface area (Å²) in [5.74, 6) is 0.102. The van der Waals surface area contributed by atoms with Crippen LogP contribution in [0.4, 0.5) is 13.2 Å². The second-order valence-electron chi connectivity index (χ2n) is 6.82. The van der Waals surface area contributed by atoms with Crippen LogP contribution in [-0.2, 0) is 0 Å². The summed E-state index contributed by atoms with van der Waals surface area (Å²) >= 11 is 1.22. The van der Waals surface area contributed by atoms with Crippen molar-refractivity contribution < 1.29 is 22.7 Å². The van der Waals surface area contributed by atoms with Gasteiger partial charge in [0.25, 0.3) is 5.91 Å². The van der Waals surface area contributed by atoms with Gasteiger partial charge in [-0.25, -0.2) is 4.98 Å².